The van der Waals surface area contributed by atoms with Crippen LogP contribution in [0.3, 0.4) is 0 Å². The molecule has 2 rings (SSSR count). The van der Waals surface area contributed by atoms with Gasteiger partial charge in [0.1, 0.15) is 0 Å². The van der Waals surface area contributed by atoms with Gasteiger partial charge in [-0.25, -0.2) is 0 Å². The molecule has 0 spiro atoms. The first-order chi connectivity index (χ1) is 7.76. The van der Waals surface area contributed by atoms with Crippen molar-refractivity contribution in [2.45, 2.75) is 26.2 Å². The maximum absolute atomic E-state index is 11.8. The van der Waals surface area contributed by atoms with Gasteiger partial charge in [-0.15, -0.1) is 0 Å². The quantitative estimate of drug-likeness (QED) is 0.747. The summed E-state index contributed by atoms with van der Waals surface area (Å²) in [7, 11) is 0. The van der Waals surface area contributed by atoms with Crippen LogP contribution in [0.1, 0.15) is 26.2 Å². The van der Waals surface area contributed by atoms with Crippen LogP contribution in [0.15, 0.2) is 0 Å². The summed E-state index contributed by atoms with van der Waals surface area (Å²) in [6.07, 6.45) is 3.87. The fourth-order valence-corrected chi connectivity index (χ4v) is 2.19. The predicted octanol–water partition coefficient (Wildman–Crippen LogP) is 0.625. The number of carbonyl (C=O) groups is 1. The minimum atomic E-state index is 0.218. The Morgan fingerprint density at radius 1 is 1.38 bits per heavy atom. The average molecular weight is 226 g/mol. The van der Waals surface area contributed by atoms with Crippen LogP contribution in [-0.2, 0) is 9.53 Å². The van der Waals surface area contributed by atoms with E-state index >= 15 is 0 Å². The molecule has 0 radical (unpaired) electrons. The fourth-order valence-electron chi connectivity index (χ4n) is 2.19. The second kappa shape index (κ2) is 5.15. The molecule has 1 saturated carbocycles. The zero-order valence-corrected chi connectivity index (χ0v) is 10.1. The molecule has 16 heavy (non-hydrogen) atoms. The summed E-state index contributed by atoms with van der Waals surface area (Å²) in [5.74, 6) is 0.218. The van der Waals surface area contributed by atoms with Crippen LogP contribution in [0.5, 0.6) is 0 Å². The highest BCUT2D eigenvalue weighted by molar-refractivity contribution is 5.78. The van der Waals surface area contributed by atoms with E-state index in [0.29, 0.717) is 25.2 Å². The molecule has 1 heterocycles. The lowest BCUT2D eigenvalue weighted by molar-refractivity contribution is -0.134. The van der Waals surface area contributed by atoms with Crippen LogP contribution >= 0.6 is 0 Å². The molecule has 1 aliphatic heterocycles. The summed E-state index contributed by atoms with van der Waals surface area (Å²) < 4.78 is 5.22. The molecule has 1 aliphatic carbocycles. The smallest absolute Gasteiger partial charge is 0.236 e. The van der Waals surface area contributed by atoms with Crippen LogP contribution in [0.2, 0.25) is 0 Å². The molecule has 92 valence electrons. The first-order valence-corrected chi connectivity index (χ1v) is 6.32. The summed E-state index contributed by atoms with van der Waals surface area (Å²) in [4.78, 5) is 13.7. The number of hydrogen-bond acceptors (Lipinski definition) is 3. The van der Waals surface area contributed by atoms with Gasteiger partial charge in [0.15, 0.2) is 0 Å². The summed E-state index contributed by atoms with van der Waals surface area (Å²) in [6.45, 7) is 6.59. The van der Waals surface area contributed by atoms with Gasteiger partial charge in [-0.2, -0.15) is 0 Å². The number of nitrogens with zero attached hydrogens (tertiary/aromatic N) is 1. The molecule has 0 bridgehead atoms. The topological polar surface area (TPSA) is 41.6 Å². The molecule has 1 N–H and O–H groups in total. The van der Waals surface area contributed by atoms with Crippen LogP contribution in [0.4, 0.5) is 0 Å². The minimum Gasteiger partial charge on any atom is -0.378 e. The highest BCUT2D eigenvalue weighted by atomic mass is 16.5. The van der Waals surface area contributed by atoms with Crippen molar-refractivity contribution in [2.24, 2.45) is 5.41 Å². The predicted molar refractivity (Wildman–Crippen MR) is 62.2 cm³/mol. The molecule has 0 unspecified atom stereocenters. The van der Waals surface area contributed by atoms with E-state index in [9.17, 15) is 4.79 Å². The van der Waals surface area contributed by atoms with Crippen molar-refractivity contribution in [3.05, 3.63) is 0 Å². The molecule has 2 aliphatic rings. The Morgan fingerprint density at radius 3 is 2.62 bits per heavy atom. The van der Waals surface area contributed by atoms with Gasteiger partial charge < -0.3 is 15.0 Å². The van der Waals surface area contributed by atoms with Crippen LogP contribution in [0.25, 0.3) is 0 Å². The largest absolute Gasteiger partial charge is 0.378 e. The monoisotopic (exact) mass is 226 g/mol. The van der Waals surface area contributed by atoms with Crippen molar-refractivity contribution in [2.75, 3.05) is 39.4 Å². The standard InChI is InChI=1S/C12H22N2O2/c1-2-12(3-4-12)10-13-9-11(15)14-5-7-16-8-6-14/h13H,2-10H2,1H3. The number of morpholine rings is 1. The number of nitrogens with one attached hydrogen (secondary N) is 1. The van der Waals surface area contributed by atoms with Crippen molar-refractivity contribution in [1.29, 1.82) is 0 Å². The Morgan fingerprint density at radius 2 is 2.06 bits per heavy atom. The van der Waals surface area contributed by atoms with Gasteiger partial charge in [-0.3, -0.25) is 4.79 Å². The maximum atomic E-state index is 11.8. The van der Waals surface area contributed by atoms with Gasteiger partial charge in [0.2, 0.25) is 5.91 Å². The Balaban J connectivity index is 1.63. The Labute approximate surface area is 97.3 Å². The first kappa shape index (κ1) is 11.9. The van der Waals surface area contributed by atoms with Crippen molar-refractivity contribution in [3.8, 4) is 0 Å². The second-order valence-electron chi connectivity index (χ2n) is 4.95. The zero-order chi connectivity index (χ0) is 11.4. The van der Waals surface area contributed by atoms with E-state index in [2.05, 4.69) is 12.2 Å². The van der Waals surface area contributed by atoms with Gasteiger partial charge >= 0.3 is 0 Å². The van der Waals surface area contributed by atoms with Gasteiger partial charge in [0.05, 0.1) is 19.8 Å². The number of ether oxygens (including phenoxy) is 1. The van der Waals surface area contributed by atoms with Crippen molar-refractivity contribution < 1.29 is 9.53 Å². The lowest BCUT2D eigenvalue weighted by Gasteiger charge is -2.27. The van der Waals surface area contributed by atoms with Crippen LogP contribution in [-0.4, -0.2) is 50.2 Å². The summed E-state index contributed by atoms with van der Waals surface area (Å²) in [6, 6.07) is 0. The molecule has 1 amide bonds. The molecule has 0 aromatic rings. The first-order valence-electron chi connectivity index (χ1n) is 6.32. The molecular weight excluding hydrogens is 204 g/mol. The zero-order valence-electron chi connectivity index (χ0n) is 10.1. The maximum Gasteiger partial charge on any atom is 0.236 e. The minimum absolute atomic E-state index is 0.218. The van der Waals surface area contributed by atoms with E-state index in [1.807, 2.05) is 4.90 Å². The molecule has 0 aromatic heterocycles. The Kier molecular flexibility index (Phi) is 3.82. The van der Waals surface area contributed by atoms with Gasteiger partial charge in [0, 0.05) is 19.6 Å². The highest BCUT2D eigenvalue weighted by Gasteiger charge is 2.40. The molecule has 4 nitrogen and oxygen atoms in total. The normalized spacial score (nSPS) is 23.2. The second-order valence-corrected chi connectivity index (χ2v) is 4.95. The third-order valence-electron chi connectivity index (χ3n) is 3.85. The molecule has 0 aromatic carbocycles. The van der Waals surface area contributed by atoms with Crippen molar-refractivity contribution in [1.82, 2.24) is 10.2 Å². The molecule has 2 fully saturated rings. The van der Waals surface area contributed by atoms with E-state index < -0.39 is 0 Å². The third kappa shape index (κ3) is 2.95. The highest BCUT2D eigenvalue weighted by Crippen LogP contribution is 2.47. The van der Waals surface area contributed by atoms with E-state index in [4.69, 9.17) is 4.74 Å². The lowest BCUT2D eigenvalue weighted by Crippen LogP contribution is -2.45. The number of carbonyl (C=O) groups excluding carboxylic acids is 1. The number of hydrogen-bond donors (Lipinski definition) is 1. The van der Waals surface area contributed by atoms with Gasteiger partial charge in [0.25, 0.3) is 0 Å². The van der Waals surface area contributed by atoms with Crippen LogP contribution < -0.4 is 5.32 Å². The third-order valence-corrected chi connectivity index (χ3v) is 3.85. The molecule has 1 saturated heterocycles. The lowest BCUT2D eigenvalue weighted by atomic mass is 10.0. The summed E-state index contributed by atoms with van der Waals surface area (Å²) in [5, 5.41) is 3.30. The molecule has 0 atom stereocenters. The Bertz CT molecular complexity index is 245. The van der Waals surface area contributed by atoms with Gasteiger partial charge in [-0.05, 0) is 24.7 Å². The van der Waals surface area contributed by atoms with E-state index in [1.165, 1.54) is 19.3 Å². The number of rotatable bonds is 5. The van der Waals surface area contributed by atoms with Crippen molar-refractivity contribution in [3.63, 3.8) is 0 Å². The fraction of sp³-hybridized carbons (Fsp3) is 0.917. The van der Waals surface area contributed by atoms with E-state index in [1.54, 1.807) is 0 Å². The number of amides is 1. The van der Waals surface area contributed by atoms with E-state index in [0.717, 1.165) is 19.6 Å². The Hall–Kier alpha value is -0.610. The SMILES string of the molecule is CCC1(CNCC(=O)N2CCOCC2)CC1. The summed E-state index contributed by atoms with van der Waals surface area (Å²) in [5.41, 5.74) is 0.519. The van der Waals surface area contributed by atoms with E-state index in [-0.39, 0.29) is 5.91 Å². The van der Waals surface area contributed by atoms with Crippen LogP contribution in [0, 0.1) is 5.41 Å². The average Bonchev–Trinajstić information content (AvgIpc) is 3.11. The van der Waals surface area contributed by atoms with Gasteiger partial charge in [-0.1, -0.05) is 6.92 Å². The molecule has 4 heteroatoms. The van der Waals surface area contributed by atoms with Crippen molar-refractivity contribution >= 4 is 5.91 Å². The summed E-state index contributed by atoms with van der Waals surface area (Å²) >= 11 is 0. The molecular formula is C12H22N2O2.